The summed E-state index contributed by atoms with van der Waals surface area (Å²) in [6.45, 7) is 0. The van der Waals surface area contributed by atoms with Crippen LogP contribution in [0.15, 0.2) is 217 Å². The van der Waals surface area contributed by atoms with E-state index < -0.39 is 0 Å². The predicted octanol–water partition coefficient (Wildman–Crippen LogP) is 14.6. The summed E-state index contributed by atoms with van der Waals surface area (Å²) >= 11 is 0. The van der Waals surface area contributed by atoms with Gasteiger partial charge in [-0.25, -0.2) is 0 Å². The minimum Gasteiger partial charge on any atom is -0.456 e. The Morgan fingerprint density at radius 3 is 1.43 bits per heavy atom. The van der Waals surface area contributed by atoms with Gasteiger partial charge in [-0.05, 0) is 96.2 Å². The van der Waals surface area contributed by atoms with Crippen molar-refractivity contribution in [2.75, 3.05) is 0 Å². The van der Waals surface area contributed by atoms with Crippen molar-refractivity contribution in [2.24, 2.45) is 0 Å². The van der Waals surface area contributed by atoms with E-state index in [9.17, 15) is 0 Å². The Bertz CT molecular complexity index is 2890. The van der Waals surface area contributed by atoms with Crippen molar-refractivity contribution in [2.45, 2.75) is 5.92 Å². The Balaban J connectivity index is 1.02. The fourth-order valence-corrected chi connectivity index (χ4v) is 8.06. The molecule has 0 aliphatic carbocycles. The highest BCUT2D eigenvalue weighted by molar-refractivity contribution is 6.06. The van der Waals surface area contributed by atoms with Crippen LogP contribution in [0.2, 0.25) is 0 Å². The molecule has 0 N–H and O–H groups in total. The molecule has 0 saturated heterocycles. The normalized spacial score (nSPS) is 12.0. The molecular formula is C53H36O. The van der Waals surface area contributed by atoms with Crippen LogP contribution in [0.5, 0.6) is 0 Å². The molecule has 0 saturated carbocycles. The second-order valence-electron chi connectivity index (χ2n) is 14.1. The Morgan fingerprint density at radius 1 is 0.278 bits per heavy atom. The first-order valence-corrected chi connectivity index (χ1v) is 18.6. The lowest BCUT2D eigenvalue weighted by molar-refractivity contribution is 0.669. The standard InChI is InChI=1S/C53H36O/c1-2-10-36(11-3-1)44-14-8-15-45(34-44)37-20-26-41(27-21-37)53(43-30-24-40(25-31-43)48-18-9-13-39-12-4-5-16-47(39)48)42-28-22-38(23-29-42)46-32-33-50-49-17-6-7-19-51(49)54-52(50)35-46/h1-35,53H. The fourth-order valence-electron chi connectivity index (χ4n) is 8.06. The maximum atomic E-state index is 6.23. The minimum absolute atomic E-state index is 0.0585. The molecule has 0 bridgehead atoms. The highest BCUT2D eigenvalue weighted by atomic mass is 16.3. The third kappa shape index (κ3) is 5.87. The van der Waals surface area contributed by atoms with Crippen molar-refractivity contribution in [1.82, 2.24) is 0 Å². The van der Waals surface area contributed by atoms with Gasteiger partial charge in [0.15, 0.2) is 0 Å². The molecular weight excluding hydrogens is 653 g/mol. The van der Waals surface area contributed by atoms with Gasteiger partial charge in [-0.15, -0.1) is 0 Å². The Hall–Kier alpha value is -6.96. The van der Waals surface area contributed by atoms with Gasteiger partial charge in [0, 0.05) is 16.7 Å². The van der Waals surface area contributed by atoms with Gasteiger partial charge in [0.05, 0.1) is 0 Å². The van der Waals surface area contributed by atoms with Crippen LogP contribution in [0.1, 0.15) is 22.6 Å². The molecule has 1 nitrogen and oxygen atoms in total. The lowest BCUT2D eigenvalue weighted by atomic mass is 9.83. The van der Waals surface area contributed by atoms with E-state index in [1.165, 1.54) is 66.4 Å². The van der Waals surface area contributed by atoms with Gasteiger partial charge in [0.1, 0.15) is 11.2 Å². The third-order valence-corrected chi connectivity index (χ3v) is 10.8. The zero-order chi connectivity index (χ0) is 35.8. The molecule has 1 heteroatoms. The second-order valence-corrected chi connectivity index (χ2v) is 14.1. The first-order valence-electron chi connectivity index (χ1n) is 18.6. The van der Waals surface area contributed by atoms with Gasteiger partial charge in [0.2, 0.25) is 0 Å². The van der Waals surface area contributed by atoms with Crippen LogP contribution in [0.3, 0.4) is 0 Å². The molecule has 10 rings (SSSR count). The van der Waals surface area contributed by atoms with Gasteiger partial charge in [-0.1, -0.05) is 188 Å². The second kappa shape index (κ2) is 13.5. The van der Waals surface area contributed by atoms with Crippen LogP contribution in [0.4, 0.5) is 0 Å². The molecule has 9 aromatic carbocycles. The molecule has 54 heavy (non-hydrogen) atoms. The zero-order valence-electron chi connectivity index (χ0n) is 29.7. The monoisotopic (exact) mass is 688 g/mol. The van der Waals surface area contributed by atoms with Crippen molar-refractivity contribution < 1.29 is 4.42 Å². The highest BCUT2D eigenvalue weighted by Crippen LogP contribution is 2.38. The first-order chi connectivity index (χ1) is 26.7. The third-order valence-electron chi connectivity index (χ3n) is 10.8. The molecule has 1 atom stereocenters. The van der Waals surface area contributed by atoms with E-state index in [0.29, 0.717) is 0 Å². The maximum Gasteiger partial charge on any atom is 0.136 e. The van der Waals surface area contributed by atoms with E-state index in [0.717, 1.165) is 27.5 Å². The van der Waals surface area contributed by atoms with Gasteiger partial charge >= 0.3 is 0 Å². The van der Waals surface area contributed by atoms with Gasteiger partial charge in [-0.2, -0.15) is 0 Å². The molecule has 0 aliphatic heterocycles. The molecule has 0 aliphatic rings. The molecule has 0 spiro atoms. The van der Waals surface area contributed by atoms with Crippen molar-refractivity contribution in [1.29, 1.82) is 0 Å². The summed E-state index contributed by atoms with van der Waals surface area (Å²) in [6.07, 6.45) is 0. The molecule has 1 aromatic heterocycles. The van der Waals surface area contributed by atoms with Crippen LogP contribution < -0.4 is 0 Å². The van der Waals surface area contributed by atoms with Crippen LogP contribution in [0, 0.1) is 0 Å². The van der Waals surface area contributed by atoms with E-state index in [1.54, 1.807) is 0 Å². The summed E-state index contributed by atoms with van der Waals surface area (Å²) in [5, 5.41) is 4.82. The lowest BCUT2D eigenvalue weighted by Crippen LogP contribution is -2.03. The average molecular weight is 689 g/mol. The number of fused-ring (bicyclic) bond motifs is 4. The maximum absolute atomic E-state index is 6.23. The van der Waals surface area contributed by atoms with Gasteiger partial charge < -0.3 is 4.42 Å². The smallest absolute Gasteiger partial charge is 0.136 e. The highest BCUT2D eigenvalue weighted by Gasteiger charge is 2.18. The van der Waals surface area contributed by atoms with Crippen molar-refractivity contribution in [3.05, 3.63) is 229 Å². The van der Waals surface area contributed by atoms with Gasteiger partial charge in [-0.3, -0.25) is 0 Å². The van der Waals surface area contributed by atoms with E-state index in [4.69, 9.17) is 4.42 Å². The summed E-state index contributed by atoms with van der Waals surface area (Å²) in [4.78, 5) is 0. The van der Waals surface area contributed by atoms with E-state index in [1.807, 2.05) is 12.1 Å². The molecule has 0 fully saturated rings. The molecule has 10 aromatic rings. The molecule has 1 unspecified atom stereocenters. The summed E-state index contributed by atoms with van der Waals surface area (Å²) < 4.78 is 6.23. The molecule has 0 amide bonds. The molecule has 1 heterocycles. The molecule has 0 radical (unpaired) electrons. The van der Waals surface area contributed by atoms with Crippen LogP contribution in [-0.4, -0.2) is 0 Å². The SMILES string of the molecule is c1ccc(-c2cccc(-c3ccc(C(c4ccc(-c5ccc6c(c5)oc5ccccc56)cc4)c4ccc(-c5cccc6ccccc56)cc4)cc3)c2)cc1. The summed E-state index contributed by atoms with van der Waals surface area (Å²) in [5.74, 6) is 0.0585. The van der Waals surface area contributed by atoms with Crippen molar-refractivity contribution >= 4 is 32.7 Å². The number of hydrogen-bond acceptors (Lipinski definition) is 1. The number of para-hydroxylation sites is 1. The fraction of sp³-hybridized carbons (Fsp3) is 0.0189. The topological polar surface area (TPSA) is 13.1 Å². The molecule has 254 valence electrons. The minimum atomic E-state index is 0.0585. The van der Waals surface area contributed by atoms with E-state index in [2.05, 4.69) is 200 Å². The lowest BCUT2D eigenvalue weighted by Gasteiger charge is -2.20. The Kier molecular flexibility index (Phi) is 7.96. The van der Waals surface area contributed by atoms with Crippen LogP contribution in [-0.2, 0) is 0 Å². The summed E-state index contributed by atoms with van der Waals surface area (Å²) in [5.41, 5.74) is 15.3. The predicted molar refractivity (Wildman–Crippen MR) is 227 cm³/mol. The summed E-state index contributed by atoms with van der Waals surface area (Å²) in [6, 6.07) is 76.8. The Morgan fingerprint density at radius 2 is 0.741 bits per heavy atom. The van der Waals surface area contributed by atoms with Crippen molar-refractivity contribution in [3.63, 3.8) is 0 Å². The van der Waals surface area contributed by atoms with Crippen molar-refractivity contribution in [3.8, 4) is 44.5 Å². The zero-order valence-corrected chi connectivity index (χ0v) is 29.7. The summed E-state index contributed by atoms with van der Waals surface area (Å²) in [7, 11) is 0. The van der Waals surface area contributed by atoms with Crippen LogP contribution >= 0.6 is 0 Å². The quantitative estimate of drug-likeness (QED) is 0.152. The largest absolute Gasteiger partial charge is 0.456 e. The van der Waals surface area contributed by atoms with Crippen LogP contribution in [0.25, 0.3) is 77.2 Å². The number of hydrogen-bond donors (Lipinski definition) is 0. The number of benzene rings is 9. The van der Waals surface area contributed by atoms with E-state index >= 15 is 0 Å². The first kappa shape index (κ1) is 31.7. The number of rotatable bonds is 7. The Labute approximate surface area is 315 Å². The number of furan rings is 1. The van der Waals surface area contributed by atoms with E-state index in [-0.39, 0.29) is 5.92 Å². The average Bonchev–Trinajstić information content (AvgIpc) is 3.63. The van der Waals surface area contributed by atoms with Gasteiger partial charge in [0.25, 0.3) is 0 Å².